The fraction of sp³-hybridized carbons (Fsp3) is 0.533. The van der Waals surface area contributed by atoms with Crippen molar-refractivity contribution < 1.29 is 18.0 Å². The van der Waals surface area contributed by atoms with Gasteiger partial charge in [-0.3, -0.25) is 4.79 Å². The lowest BCUT2D eigenvalue weighted by atomic mass is 9.85. The molecule has 0 bridgehead atoms. The predicted octanol–water partition coefficient (Wildman–Crippen LogP) is 2.92. The summed E-state index contributed by atoms with van der Waals surface area (Å²) in [4.78, 5) is 12.1. The molecule has 0 saturated heterocycles. The molecule has 3 atom stereocenters. The Balaban J connectivity index is 1.93. The molecule has 116 valence electrons. The maximum Gasteiger partial charge on any atom is 0.391 e. The summed E-state index contributed by atoms with van der Waals surface area (Å²) >= 11 is 0. The second kappa shape index (κ2) is 6.47. The molecule has 1 aromatic carbocycles. The fourth-order valence-electron chi connectivity index (χ4n) is 2.72. The van der Waals surface area contributed by atoms with E-state index in [9.17, 15) is 18.0 Å². The Morgan fingerprint density at radius 2 is 1.90 bits per heavy atom. The van der Waals surface area contributed by atoms with Crippen LogP contribution in [0.15, 0.2) is 30.3 Å². The molecule has 2 rings (SSSR count). The van der Waals surface area contributed by atoms with Crippen molar-refractivity contribution in [1.82, 2.24) is 5.32 Å². The van der Waals surface area contributed by atoms with Crippen molar-refractivity contribution in [3.8, 4) is 0 Å². The monoisotopic (exact) mass is 300 g/mol. The Kier molecular flexibility index (Phi) is 4.88. The van der Waals surface area contributed by atoms with Crippen LogP contribution >= 0.6 is 0 Å². The number of nitrogens with two attached hydrogens (primary N) is 1. The van der Waals surface area contributed by atoms with E-state index in [2.05, 4.69) is 5.32 Å². The Bertz CT molecular complexity index is 476. The van der Waals surface area contributed by atoms with Gasteiger partial charge in [0.1, 0.15) is 6.04 Å². The molecule has 0 spiro atoms. The number of alkyl halides is 3. The molecule has 1 aliphatic carbocycles. The quantitative estimate of drug-likeness (QED) is 0.902. The molecule has 1 aromatic rings. The van der Waals surface area contributed by atoms with E-state index >= 15 is 0 Å². The number of nitrogens with one attached hydrogen (secondary N) is 1. The van der Waals surface area contributed by atoms with Crippen LogP contribution in [0.1, 0.15) is 37.3 Å². The molecule has 1 fully saturated rings. The lowest BCUT2D eigenvalue weighted by molar-refractivity contribution is -0.184. The van der Waals surface area contributed by atoms with Crippen molar-refractivity contribution in [3.63, 3.8) is 0 Å². The first-order chi connectivity index (χ1) is 9.88. The van der Waals surface area contributed by atoms with Crippen molar-refractivity contribution in [3.05, 3.63) is 35.9 Å². The first-order valence-corrected chi connectivity index (χ1v) is 7.05. The van der Waals surface area contributed by atoms with E-state index in [1.165, 1.54) is 0 Å². The number of halogens is 3. The SMILES string of the molecule is NC(C(=O)NC1CCCC(C(F)(F)F)C1)c1ccccc1. The summed E-state index contributed by atoms with van der Waals surface area (Å²) in [7, 11) is 0. The van der Waals surface area contributed by atoms with Crippen molar-refractivity contribution in [2.24, 2.45) is 11.7 Å². The molecule has 0 heterocycles. The van der Waals surface area contributed by atoms with Gasteiger partial charge in [-0.2, -0.15) is 13.2 Å². The van der Waals surface area contributed by atoms with E-state index in [-0.39, 0.29) is 12.8 Å². The molecular weight excluding hydrogens is 281 g/mol. The molecule has 6 heteroatoms. The molecule has 1 aliphatic rings. The minimum Gasteiger partial charge on any atom is -0.352 e. The lowest BCUT2D eigenvalue weighted by Gasteiger charge is -2.31. The average molecular weight is 300 g/mol. The van der Waals surface area contributed by atoms with Crippen LogP contribution in [-0.2, 0) is 4.79 Å². The smallest absolute Gasteiger partial charge is 0.352 e. The van der Waals surface area contributed by atoms with Crippen LogP contribution in [0.3, 0.4) is 0 Å². The highest BCUT2D eigenvalue weighted by Crippen LogP contribution is 2.37. The zero-order chi connectivity index (χ0) is 15.5. The van der Waals surface area contributed by atoms with Crippen molar-refractivity contribution in [2.75, 3.05) is 0 Å². The molecule has 1 saturated carbocycles. The standard InChI is InChI=1S/C15H19F3N2O/c16-15(17,18)11-7-4-8-12(9-11)20-14(21)13(19)10-5-2-1-3-6-10/h1-3,5-6,11-13H,4,7-9,19H2,(H,20,21). The van der Waals surface area contributed by atoms with Gasteiger partial charge in [-0.15, -0.1) is 0 Å². The average Bonchev–Trinajstić information content (AvgIpc) is 2.47. The highest BCUT2D eigenvalue weighted by molar-refractivity contribution is 5.83. The Morgan fingerprint density at radius 3 is 2.52 bits per heavy atom. The molecule has 0 aromatic heterocycles. The molecule has 3 unspecified atom stereocenters. The molecule has 1 amide bonds. The third-order valence-electron chi connectivity index (χ3n) is 3.92. The summed E-state index contributed by atoms with van der Waals surface area (Å²) < 4.78 is 38.2. The largest absolute Gasteiger partial charge is 0.391 e. The van der Waals surface area contributed by atoms with Gasteiger partial charge < -0.3 is 11.1 Å². The summed E-state index contributed by atoms with van der Waals surface area (Å²) in [5, 5.41) is 2.66. The molecule has 3 nitrogen and oxygen atoms in total. The van der Waals surface area contributed by atoms with Crippen molar-refractivity contribution >= 4 is 5.91 Å². The van der Waals surface area contributed by atoms with Gasteiger partial charge in [0, 0.05) is 6.04 Å². The van der Waals surface area contributed by atoms with Gasteiger partial charge >= 0.3 is 6.18 Å². The number of carbonyl (C=O) groups is 1. The predicted molar refractivity (Wildman–Crippen MR) is 73.3 cm³/mol. The highest BCUT2D eigenvalue weighted by Gasteiger charge is 2.42. The number of amides is 1. The maximum atomic E-state index is 12.7. The molecule has 0 aliphatic heterocycles. The van der Waals surface area contributed by atoms with Crippen LogP contribution in [-0.4, -0.2) is 18.1 Å². The van der Waals surface area contributed by atoms with E-state index in [0.717, 1.165) is 0 Å². The van der Waals surface area contributed by atoms with Crippen molar-refractivity contribution in [1.29, 1.82) is 0 Å². The first kappa shape index (κ1) is 15.8. The van der Waals surface area contributed by atoms with Crippen LogP contribution in [0, 0.1) is 5.92 Å². The summed E-state index contributed by atoms with van der Waals surface area (Å²) in [6, 6.07) is 7.49. The molecule has 0 radical (unpaired) electrons. The Labute approximate surface area is 121 Å². The van der Waals surface area contributed by atoms with Crippen LogP contribution in [0.25, 0.3) is 0 Å². The first-order valence-electron chi connectivity index (χ1n) is 7.05. The van der Waals surface area contributed by atoms with E-state index in [4.69, 9.17) is 5.73 Å². The summed E-state index contributed by atoms with van der Waals surface area (Å²) in [5.41, 5.74) is 6.49. The minimum atomic E-state index is -4.19. The van der Waals surface area contributed by atoms with Crippen molar-refractivity contribution in [2.45, 2.75) is 43.9 Å². The van der Waals surface area contributed by atoms with Gasteiger partial charge in [-0.25, -0.2) is 0 Å². The number of hydrogen-bond acceptors (Lipinski definition) is 2. The number of benzene rings is 1. The maximum absolute atomic E-state index is 12.7. The van der Waals surface area contributed by atoms with E-state index < -0.39 is 30.1 Å². The Morgan fingerprint density at radius 1 is 1.24 bits per heavy atom. The van der Waals surface area contributed by atoms with Crippen LogP contribution in [0.5, 0.6) is 0 Å². The highest BCUT2D eigenvalue weighted by atomic mass is 19.4. The third kappa shape index (κ3) is 4.20. The van der Waals surface area contributed by atoms with Gasteiger partial charge in [0.25, 0.3) is 0 Å². The third-order valence-corrected chi connectivity index (χ3v) is 3.92. The zero-order valence-corrected chi connectivity index (χ0v) is 11.6. The molecular formula is C15H19F3N2O. The van der Waals surface area contributed by atoms with E-state index in [1.54, 1.807) is 24.3 Å². The van der Waals surface area contributed by atoms with Gasteiger partial charge in [-0.05, 0) is 24.8 Å². The fourth-order valence-corrected chi connectivity index (χ4v) is 2.72. The summed E-state index contributed by atoms with van der Waals surface area (Å²) in [6.07, 6.45) is -3.07. The normalized spacial score (nSPS) is 24.4. The summed E-state index contributed by atoms with van der Waals surface area (Å²) in [5.74, 6) is -1.75. The lowest BCUT2D eigenvalue weighted by Crippen LogP contribution is -2.44. The van der Waals surface area contributed by atoms with Crippen LogP contribution in [0.2, 0.25) is 0 Å². The molecule has 21 heavy (non-hydrogen) atoms. The topological polar surface area (TPSA) is 55.1 Å². The zero-order valence-electron chi connectivity index (χ0n) is 11.6. The summed E-state index contributed by atoms with van der Waals surface area (Å²) in [6.45, 7) is 0. The van der Waals surface area contributed by atoms with E-state index in [1.807, 2.05) is 6.07 Å². The number of hydrogen-bond donors (Lipinski definition) is 2. The van der Waals surface area contributed by atoms with Gasteiger partial charge in [-0.1, -0.05) is 36.8 Å². The van der Waals surface area contributed by atoms with Crippen LogP contribution in [0.4, 0.5) is 13.2 Å². The van der Waals surface area contributed by atoms with Gasteiger partial charge in [0.15, 0.2) is 0 Å². The van der Waals surface area contributed by atoms with E-state index in [0.29, 0.717) is 18.4 Å². The minimum absolute atomic E-state index is 0.0588. The second-order valence-electron chi connectivity index (χ2n) is 5.50. The van der Waals surface area contributed by atoms with Gasteiger partial charge in [0.05, 0.1) is 5.92 Å². The van der Waals surface area contributed by atoms with Crippen LogP contribution < -0.4 is 11.1 Å². The number of rotatable bonds is 3. The number of carbonyl (C=O) groups excluding carboxylic acids is 1. The Hall–Kier alpha value is -1.56. The molecule has 3 N–H and O–H groups in total. The second-order valence-corrected chi connectivity index (χ2v) is 5.50. The van der Waals surface area contributed by atoms with Gasteiger partial charge in [0.2, 0.25) is 5.91 Å².